The van der Waals surface area contributed by atoms with E-state index in [1.807, 2.05) is 17.0 Å². The first kappa shape index (κ1) is 37.4. The Balaban J connectivity index is 1.85. The van der Waals surface area contributed by atoms with E-state index in [2.05, 4.69) is 25.8 Å². The number of carbonyl (C=O) groups excluding carboxylic acids is 2. The second kappa shape index (κ2) is 19.0. The lowest BCUT2D eigenvalue weighted by atomic mass is 9.90. The predicted octanol–water partition coefficient (Wildman–Crippen LogP) is 5.73. The molecule has 2 fully saturated rings. The molecule has 1 saturated carbocycles. The van der Waals surface area contributed by atoms with Gasteiger partial charge in [-0.2, -0.15) is 0 Å². The number of aliphatic imine (C=N–C) groups is 1. The molecule has 1 heterocycles. The summed E-state index contributed by atoms with van der Waals surface area (Å²) < 4.78 is 12.0. The number of guanidine groups is 1. The SMILES string of the molecule is CCCCCC(O)CC(CCc1cc(CN2C(=O)CC(CCN=C(N)N)C2CCC(C)C)c(O)c(OC2CCCC2)c1)OC(C)=O. The average molecular weight is 645 g/mol. The van der Waals surface area contributed by atoms with Gasteiger partial charge in [0.15, 0.2) is 17.5 Å². The number of amides is 1. The molecule has 1 aromatic rings. The molecule has 46 heavy (non-hydrogen) atoms. The molecule has 6 N–H and O–H groups in total. The number of phenolic OH excluding ortho intramolecular Hbond substituents is 1. The number of ether oxygens (including phenoxy) is 2. The Morgan fingerprint density at radius 1 is 1.11 bits per heavy atom. The average Bonchev–Trinajstić information content (AvgIpc) is 3.59. The summed E-state index contributed by atoms with van der Waals surface area (Å²) in [7, 11) is 0. The maximum atomic E-state index is 13.5. The van der Waals surface area contributed by atoms with E-state index in [0.717, 1.165) is 63.4 Å². The van der Waals surface area contributed by atoms with Gasteiger partial charge in [0.25, 0.3) is 0 Å². The molecule has 1 aliphatic carbocycles. The van der Waals surface area contributed by atoms with Crippen LogP contribution in [0.4, 0.5) is 0 Å². The number of unbranched alkanes of at least 4 members (excludes halogenated alkanes) is 2. The van der Waals surface area contributed by atoms with Gasteiger partial charge in [0.05, 0.1) is 12.2 Å². The Kier molecular flexibility index (Phi) is 15.4. The third kappa shape index (κ3) is 12.3. The number of nitrogens with two attached hydrogens (primary N) is 2. The van der Waals surface area contributed by atoms with Crippen LogP contribution in [0.15, 0.2) is 17.1 Å². The molecule has 0 bridgehead atoms. The van der Waals surface area contributed by atoms with Crippen LogP contribution in [-0.4, -0.2) is 63.8 Å². The molecular formula is C36H60N4O6. The van der Waals surface area contributed by atoms with E-state index in [1.165, 1.54) is 6.92 Å². The van der Waals surface area contributed by atoms with Crippen molar-refractivity contribution in [3.63, 3.8) is 0 Å². The zero-order valence-corrected chi connectivity index (χ0v) is 28.7. The predicted molar refractivity (Wildman–Crippen MR) is 181 cm³/mol. The van der Waals surface area contributed by atoms with Crippen molar-refractivity contribution in [3.8, 4) is 11.5 Å². The minimum atomic E-state index is -0.531. The molecule has 260 valence electrons. The highest BCUT2D eigenvalue weighted by Gasteiger charge is 2.39. The molecule has 1 aromatic carbocycles. The lowest BCUT2D eigenvalue weighted by Gasteiger charge is -2.30. The number of aliphatic hydroxyl groups excluding tert-OH is 1. The molecule has 3 rings (SSSR count). The Morgan fingerprint density at radius 2 is 1.85 bits per heavy atom. The van der Waals surface area contributed by atoms with Crippen molar-refractivity contribution in [2.45, 2.75) is 155 Å². The highest BCUT2D eigenvalue weighted by molar-refractivity contribution is 5.79. The summed E-state index contributed by atoms with van der Waals surface area (Å²) in [5.74, 6) is 0.904. The minimum Gasteiger partial charge on any atom is -0.504 e. The fourth-order valence-electron chi connectivity index (χ4n) is 6.96. The molecule has 10 heteroatoms. The maximum Gasteiger partial charge on any atom is 0.302 e. The number of benzene rings is 1. The monoisotopic (exact) mass is 644 g/mol. The van der Waals surface area contributed by atoms with Gasteiger partial charge in [-0.05, 0) is 87.7 Å². The van der Waals surface area contributed by atoms with Crippen LogP contribution in [0, 0.1) is 11.8 Å². The van der Waals surface area contributed by atoms with E-state index in [1.54, 1.807) is 0 Å². The topological polar surface area (TPSA) is 161 Å². The van der Waals surface area contributed by atoms with Crippen molar-refractivity contribution in [1.29, 1.82) is 0 Å². The zero-order chi connectivity index (χ0) is 33.6. The molecule has 4 unspecified atom stereocenters. The number of esters is 1. The van der Waals surface area contributed by atoms with Crippen molar-refractivity contribution < 1.29 is 29.3 Å². The van der Waals surface area contributed by atoms with Crippen LogP contribution in [0.1, 0.15) is 129 Å². The number of rotatable bonds is 20. The smallest absolute Gasteiger partial charge is 0.302 e. The summed E-state index contributed by atoms with van der Waals surface area (Å²) in [6.45, 7) is 8.66. The van der Waals surface area contributed by atoms with Crippen LogP contribution in [-0.2, 0) is 27.3 Å². The molecule has 0 aromatic heterocycles. The van der Waals surface area contributed by atoms with Gasteiger partial charge in [-0.3, -0.25) is 14.6 Å². The summed E-state index contributed by atoms with van der Waals surface area (Å²) in [5, 5.41) is 22.1. The number of phenols is 1. The number of hydrogen-bond donors (Lipinski definition) is 4. The number of likely N-dealkylation sites (tertiary alicyclic amines) is 1. The second-order valence-corrected chi connectivity index (χ2v) is 13.9. The molecule has 0 radical (unpaired) electrons. The Morgan fingerprint density at radius 3 is 2.50 bits per heavy atom. The van der Waals surface area contributed by atoms with Crippen molar-refractivity contribution in [2.75, 3.05) is 6.54 Å². The number of hydrogen-bond acceptors (Lipinski definition) is 7. The number of carbonyl (C=O) groups is 2. The van der Waals surface area contributed by atoms with Crippen molar-refractivity contribution >= 4 is 17.8 Å². The molecule has 1 amide bonds. The molecule has 4 atom stereocenters. The number of aliphatic hydroxyl groups is 1. The number of aryl methyl sites for hydroxylation is 1. The molecule has 10 nitrogen and oxygen atoms in total. The van der Waals surface area contributed by atoms with Gasteiger partial charge in [0.1, 0.15) is 6.10 Å². The standard InChI is InChI=1S/C36H60N4O6/c1-5-6-7-10-29(42)22-31(45-25(4)41)15-14-26-19-28(35(44)33(20-26)46-30-11-8-9-12-30)23-40-32(16-13-24(2)3)27(21-34(40)43)17-18-39-36(37)38/h19-20,24,27,29-32,42,44H,5-18,21-23H2,1-4H3,(H4,37,38,39). The normalized spacial score (nSPS) is 19.9. The van der Waals surface area contributed by atoms with Crippen LogP contribution in [0.3, 0.4) is 0 Å². The number of nitrogens with zero attached hydrogens (tertiary/aromatic N) is 2. The van der Waals surface area contributed by atoms with Gasteiger partial charge in [0, 0.05) is 44.5 Å². The van der Waals surface area contributed by atoms with E-state index in [4.69, 9.17) is 20.9 Å². The first-order chi connectivity index (χ1) is 22.0. The highest BCUT2D eigenvalue weighted by Crippen LogP contribution is 2.39. The van der Waals surface area contributed by atoms with Crippen LogP contribution in [0.25, 0.3) is 0 Å². The van der Waals surface area contributed by atoms with E-state index in [-0.39, 0.29) is 48.2 Å². The van der Waals surface area contributed by atoms with Crippen LogP contribution >= 0.6 is 0 Å². The van der Waals surface area contributed by atoms with Gasteiger partial charge >= 0.3 is 5.97 Å². The Labute approximate surface area is 276 Å². The maximum absolute atomic E-state index is 13.5. The first-order valence-corrected chi connectivity index (χ1v) is 17.7. The zero-order valence-electron chi connectivity index (χ0n) is 28.7. The quantitative estimate of drug-likeness (QED) is 0.0606. The molecule has 2 aliphatic rings. The van der Waals surface area contributed by atoms with Crippen LogP contribution in [0.2, 0.25) is 0 Å². The van der Waals surface area contributed by atoms with E-state index < -0.39 is 12.2 Å². The summed E-state index contributed by atoms with van der Waals surface area (Å²) in [4.78, 5) is 31.5. The summed E-state index contributed by atoms with van der Waals surface area (Å²) in [6.07, 6.45) is 11.4. The largest absolute Gasteiger partial charge is 0.504 e. The summed E-state index contributed by atoms with van der Waals surface area (Å²) in [6, 6.07) is 3.87. The second-order valence-electron chi connectivity index (χ2n) is 13.9. The van der Waals surface area contributed by atoms with Gasteiger partial charge in [0.2, 0.25) is 5.91 Å². The van der Waals surface area contributed by atoms with Crippen molar-refractivity contribution in [1.82, 2.24) is 4.90 Å². The van der Waals surface area contributed by atoms with Crippen LogP contribution < -0.4 is 16.2 Å². The minimum absolute atomic E-state index is 0.0221. The number of aromatic hydroxyl groups is 1. The van der Waals surface area contributed by atoms with Gasteiger partial charge in [-0.15, -0.1) is 0 Å². The van der Waals surface area contributed by atoms with Gasteiger partial charge in [-0.25, -0.2) is 0 Å². The van der Waals surface area contributed by atoms with Gasteiger partial charge < -0.3 is 36.1 Å². The van der Waals surface area contributed by atoms with E-state index in [9.17, 15) is 19.8 Å². The van der Waals surface area contributed by atoms with Crippen molar-refractivity contribution in [2.24, 2.45) is 28.3 Å². The molecule has 1 aliphatic heterocycles. The molecule has 1 saturated heterocycles. The lowest BCUT2D eigenvalue weighted by molar-refractivity contribution is -0.148. The van der Waals surface area contributed by atoms with E-state index >= 15 is 0 Å². The lowest BCUT2D eigenvalue weighted by Crippen LogP contribution is -2.35. The first-order valence-electron chi connectivity index (χ1n) is 17.7. The fourth-order valence-corrected chi connectivity index (χ4v) is 6.96. The van der Waals surface area contributed by atoms with Crippen molar-refractivity contribution in [3.05, 3.63) is 23.3 Å². The Bertz CT molecular complexity index is 1130. The molecule has 0 spiro atoms. The Hall–Kier alpha value is -3.01. The van der Waals surface area contributed by atoms with E-state index in [0.29, 0.717) is 62.3 Å². The fraction of sp³-hybridized carbons (Fsp3) is 0.750. The highest BCUT2D eigenvalue weighted by atomic mass is 16.5. The van der Waals surface area contributed by atoms with Crippen LogP contribution in [0.5, 0.6) is 11.5 Å². The van der Waals surface area contributed by atoms with Gasteiger partial charge in [-0.1, -0.05) is 46.1 Å². The molecular weight excluding hydrogens is 584 g/mol. The summed E-state index contributed by atoms with van der Waals surface area (Å²) >= 11 is 0. The third-order valence-corrected chi connectivity index (χ3v) is 9.45. The third-order valence-electron chi connectivity index (χ3n) is 9.45. The summed E-state index contributed by atoms with van der Waals surface area (Å²) in [5.41, 5.74) is 12.7.